The molecule has 0 saturated heterocycles. The lowest BCUT2D eigenvalue weighted by atomic mass is 10.3. The third kappa shape index (κ3) is 1.90. The van der Waals surface area contributed by atoms with Gasteiger partial charge in [0.25, 0.3) is 0 Å². The SMILES string of the molecule is OC1(C(F)(F)F)C=CNc2ccccc2S1. The number of alkyl halides is 3. The monoisotopic (exact) mass is 247 g/mol. The smallest absolute Gasteiger partial charge is 0.368 e. The quantitative estimate of drug-likeness (QED) is 0.739. The first-order valence-corrected chi connectivity index (χ1v) is 5.25. The van der Waals surface area contributed by atoms with E-state index in [-0.39, 0.29) is 0 Å². The molecular formula is C10H8F3NOS. The maximum atomic E-state index is 12.7. The number of para-hydroxylation sites is 1. The summed E-state index contributed by atoms with van der Waals surface area (Å²) in [6.07, 6.45) is -2.91. The van der Waals surface area contributed by atoms with Crippen molar-refractivity contribution < 1.29 is 18.3 Å². The molecule has 0 bridgehead atoms. The molecule has 1 unspecified atom stereocenters. The highest BCUT2D eigenvalue weighted by Crippen LogP contribution is 2.47. The molecule has 2 rings (SSSR count). The van der Waals surface area contributed by atoms with Gasteiger partial charge in [-0.05, 0) is 18.2 Å². The van der Waals surface area contributed by atoms with Crippen molar-refractivity contribution >= 4 is 17.4 Å². The van der Waals surface area contributed by atoms with Gasteiger partial charge in [0.15, 0.2) is 0 Å². The van der Waals surface area contributed by atoms with Crippen LogP contribution < -0.4 is 5.32 Å². The first-order valence-electron chi connectivity index (χ1n) is 4.44. The molecule has 2 N–H and O–H groups in total. The summed E-state index contributed by atoms with van der Waals surface area (Å²) < 4.78 is 38.0. The van der Waals surface area contributed by atoms with E-state index in [4.69, 9.17) is 0 Å². The minimum Gasteiger partial charge on any atom is -0.368 e. The third-order valence-electron chi connectivity index (χ3n) is 2.11. The van der Waals surface area contributed by atoms with Crippen LogP contribution in [0.4, 0.5) is 18.9 Å². The Morgan fingerprint density at radius 3 is 2.62 bits per heavy atom. The summed E-state index contributed by atoms with van der Waals surface area (Å²) in [5.74, 6) is 0. The number of anilines is 1. The third-order valence-corrected chi connectivity index (χ3v) is 3.36. The fourth-order valence-electron chi connectivity index (χ4n) is 1.27. The van der Waals surface area contributed by atoms with Crippen LogP contribution >= 0.6 is 11.8 Å². The lowest BCUT2D eigenvalue weighted by Crippen LogP contribution is -2.39. The second-order valence-corrected chi connectivity index (χ2v) is 4.54. The molecule has 0 amide bonds. The Labute approximate surface area is 94.2 Å². The van der Waals surface area contributed by atoms with E-state index in [2.05, 4.69) is 5.32 Å². The largest absolute Gasteiger partial charge is 0.431 e. The summed E-state index contributed by atoms with van der Waals surface area (Å²) in [4.78, 5) is -2.53. The van der Waals surface area contributed by atoms with Crippen LogP contribution in [0.15, 0.2) is 41.4 Å². The summed E-state index contributed by atoms with van der Waals surface area (Å²) in [5, 5.41) is 12.2. The van der Waals surface area contributed by atoms with Crippen LogP contribution in [-0.4, -0.2) is 16.2 Å². The van der Waals surface area contributed by atoms with E-state index in [0.717, 1.165) is 6.20 Å². The molecule has 86 valence electrons. The average molecular weight is 247 g/mol. The molecule has 0 aliphatic carbocycles. The van der Waals surface area contributed by atoms with Crippen LogP contribution in [0.1, 0.15) is 0 Å². The van der Waals surface area contributed by atoms with Crippen molar-refractivity contribution in [3.05, 3.63) is 36.5 Å². The Morgan fingerprint density at radius 1 is 1.25 bits per heavy atom. The van der Waals surface area contributed by atoms with Crippen LogP contribution in [0.2, 0.25) is 0 Å². The van der Waals surface area contributed by atoms with E-state index in [1.807, 2.05) is 0 Å². The topological polar surface area (TPSA) is 32.3 Å². The fourth-order valence-corrected chi connectivity index (χ4v) is 2.24. The Morgan fingerprint density at radius 2 is 1.94 bits per heavy atom. The van der Waals surface area contributed by atoms with E-state index < -0.39 is 11.1 Å². The molecule has 0 saturated carbocycles. The molecule has 1 aliphatic rings. The van der Waals surface area contributed by atoms with E-state index >= 15 is 0 Å². The van der Waals surface area contributed by atoms with Crippen molar-refractivity contribution in [3.63, 3.8) is 0 Å². The van der Waals surface area contributed by atoms with E-state index in [1.165, 1.54) is 6.07 Å². The van der Waals surface area contributed by atoms with Gasteiger partial charge >= 0.3 is 6.18 Å². The molecule has 2 nitrogen and oxygen atoms in total. The Balaban J connectivity index is 2.43. The number of fused-ring (bicyclic) bond motifs is 1. The number of hydrogen-bond donors (Lipinski definition) is 2. The predicted octanol–water partition coefficient (Wildman–Crippen LogP) is 2.97. The zero-order chi connectivity index (χ0) is 11.8. The highest BCUT2D eigenvalue weighted by atomic mass is 32.2. The number of thioether (sulfide) groups is 1. The van der Waals surface area contributed by atoms with Gasteiger partial charge in [-0.2, -0.15) is 13.2 Å². The zero-order valence-electron chi connectivity index (χ0n) is 7.95. The molecule has 0 aromatic heterocycles. The van der Waals surface area contributed by atoms with E-state index in [9.17, 15) is 18.3 Å². The number of benzene rings is 1. The molecule has 6 heteroatoms. The van der Waals surface area contributed by atoms with Crippen LogP contribution in [0, 0.1) is 0 Å². The second-order valence-electron chi connectivity index (χ2n) is 3.27. The molecular weight excluding hydrogens is 239 g/mol. The highest BCUT2D eigenvalue weighted by molar-refractivity contribution is 8.00. The predicted molar refractivity (Wildman–Crippen MR) is 56.1 cm³/mol. The lowest BCUT2D eigenvalue weighted by molar-refractivity contribution is -0.202. The summed E-state index contributed by atoms with van der Waals surface area (Å²) in [6.45, 7) is 0. The van der Waals surface area contributed by atoms with Gasteiger partial charge in [-0.25, -0.2) is 0 Å². The molecule has 0 radical (unpaired) electrons. The van der Waals surface area contributed by atoms with Crippen molar-refractivity contribution in [2.45, 2.75) is 16.0 Å². The van der Waals surface area contributed by atoms with Gasteiger partial charge < -0.3 is 10.4 Å². The second kappa shape index (κ2) is 3.71. The summed E-state index contributed by atoms with van der Waals surface area (Å²) in [7, 11) is 0. The maximum absolute atomic E-state index is 12.7. The Kier molecular flexibility index (Phi) is 2.63. The fraction of sp³-hybridized carbons (Fsp3) is 0.200. The minimum absolute atomic E-state index is 0.354. The van der Waals surface area contributed by atoms with Crippen molar-refractivity contribution in [1.82, 2.24) is 0 Å². The van der Waals surface area contributed by atoms with Gasteiger partial charge in [0.2, 0.25) is 4.93 Å². The van der Waals surface area contributed by atoms with Crippen molar-refractivity contribution in [2.24, 2.45) is 0 Å². The van der Waals surface area contributed by atoms with Crippen molar-refractivity contribution in [2.75, 3.05) is 5.32 Å². The number of hydrogen-bond acceptors (Lipinski definition) is 3. The summed E-state index contributed by atoms with van der Waals surface area (Å²) in [5.41, 5.74) is 0.545. The number of halogens is 3. The normalized spacial score (nSPS) is 24.5. The standard InChI is InChI=1S/C10H8F3NOS/c11-10(12,13)9(15)5-6-14-7-3-1-2-4-8(7)16-9/h1-6,14-15H. The molecule has 1 aliphatic heterocycles. The van der Waals surface area contributed by atoms with Crippen LogP contribution in [0.25, 0.3) is 0 Å². The van der Waals surface area contributed by atoms with E-state index in [1.54, 1.807) is 18.2 Å². The zero-order valence-corrected chi connectivity index (χ0v) is 8.77. The number of aliphatic hydroxyl groups is 1. The van der Waals surface area contributed by atoms with Gasteiger partial charge in [-0.15, -0.1) is 0 Å². The molecule has 1 aromatic rings. The Bertz CT molecular complexity index is 432. The molecule has 0 fully saturated rings. The molecule has 1 heterocycles. The van der Waals surface area contributed by atoms with Gasteiger partial charge in [0.05, 0.1) is 5.69 Å². The van der Waals surface area contributed by atoms with Gasteiger partial charge in [0, 0.05) is 11.1 Å². The van der Waals surface area contributed by atoms with Crippen LogP contribution in [-0.2, 0) is 0 Å². The van der Waals surface area contributed by atoms with Gasteiger partial charge in [-0.3, -0.25) is 0 Å². The number of rotatable bonds is 0. The average Bonchev–Trinajstić information content (AvgIpc) is 2.35. The Hall–Kier alpha value is -1.14. The number of nitrogens with one attached hydrogen (secondary N) is 1. The maximum Gasteiger partial charge on any atom is 0.431 e. The molecule has 16 heavy (non-hydrogen) atoms. The highest BCUT2D eigenvalue weighted by Gasteiger charge is 2.53. The van der Waals surface area contributed by atoms with Crippen molar-refractivity contribution in [3.8, 4) is 0 Å². The van der Waals surface area contributed by atoms with Crippen LogP contribution in [0.5, 0.6) is 0 Å². The van der Waals surface area contributed by atoms with Gasteiger partial charge in [0.1, 0.15) is 0 Å². The summed E-state index contributed by atoms with van der Waals surface area (Å²) >= 11 is 0.368. The van der Waals surface area contributed by atoms with Crippen LogP contribution in [0.3, 0.4) is 0 Å². The lowest BCUT2D eigenvalue weighted by Gasteiger charge is -2.25. The van der Waals surface area contributed by atoms with E-state index in [0.29, 0.717) is 28.4 Å². The molecule has 0 spiro atoms. The first kappa shape index (κ1) is 11.3. The minimum atomic E-state index is -4.71. The molecule has 1 aromatic carbocycles. The molecule has 1 atom stereocenters. The summed E-state index contributed by atoms with van der Waals surface area (Å²) in [6, 6.07) is 6.50. The van der Waals surface area contributed by atoms with Crippen molar-refractivity contribution in [1.29, 1.82) is 0 Å². The van der Waals surface area contributed by atoms with Gasteiger partial charge in [-0.1, -0.05) is 23.9 Å². The first-order chi connectivity index (χ1) is 7.42.